The van der Waals surface area contributed by atoms with E-state index in [1.54, 1.807) is 6.07 Å². The van der Waals surface area contributed by atoms with E-state index in [1.807, 2.05) is 0 Å². The van der Waals surface area contributed by atoms with Crippen LogP contribution in [0.15, 0.2) is 14.8 Å². The topological polar surface area (TPSA) is 46.0 Å². The molecule has 0 saturated carbocycles. The van der Waals surface area contributed by atoms with Gasteiger partial charge in [0.2, 0.25) is 0 Å². The minimum absolute atomic E-state index is 0.135. The van der Waals surface area contributed by atoms with Crippen LogP contribution in [0.4, 0.5) is 17.1 Å². The van der Waals surface area contributed by atoms with E-state index in [1.165, 1.54) is 0 Å². The monoisotopic (exact) mass is 345 g/mol. The van der Waals surface area contributed by atoms with Crippen LogP contribution in [0, 0.1) is 0 Å². The van der Waals surface area contributed by atoms with Crippen molar-refractivity contribution < 1.29 is 4.74 Å². The van der Waals surface area contributed by atoms with Crippen LogP contribution >= 0.6 is 23.2 Å². The summed E-state index contributed by atoms with van der Waals surface area (Å²) in [6.45, 7) is 8.36. The van der Waals surface area contributed by atoms with Gasteiger partial charge in [0.25, 0.3) is 0 Å². The van der Waals surface area contributed by atoms with E-state index in [4.69, 9.17) is 27.9 Å². The maximum Gasteiger partial charge on any atom is 0.130 e. The lowest BCUT2D eigenvalue weighted by atomic mass is 9.94. The van der Waals surface area contributed by atoms with Crippen molar-refractivity contribution in [3.63, 3.8) is 0 Å². The van der Waals surface area contributed by atoms with E-state index in [0.717, 1.165) is 29.2 Å². The molecule has 0 spiro atoms. The number of hydrogen-bond acceptors (Lipinski definition) is 4. The van der Waals surface area contributed by atoms with Gasteiger partial charge in [0.15, 0.2) is 0 Å². The maximum atomic E-state index is 6.36. The van der Waals surface area contributed by atoms with Crippen LogP contribution in [0.1, 0.15) is 34.1 Å². The van der Waals surface area contributed by atoms with E-state index < -0.39 is 0 Å². The van der Waals surface area contributed by atoms with Gasteiger partial charge in [-0.15, -0.1) is 0 Å². The standard InChI is InChI=1S/C14H17Cl2N3OS/c1-13(2)6-9(14(3,4)20-13)17-10-7(15)5-8(16)11-12(10)19-21-18-11/h5,9,17H,6H2,1-4H3. The number of fused-ring (bicyclic) bond motifs is 1. The van der Waals surface area contributed by atoms with Gasteiger partial charge in [0, 0.05) is 0 Å². The highest BCUT2D eigenvalue weighted by Gasteiger charge is 2.46. The number of rotatable bonds is 2. The molecule has 4 nitrogen and oxygen atoms in total. The van der Waals surface area contributed by atoms with Gasteiger partial charge in [-0.3, -0.25) is 0 Å². The Morgan fingerprint density at radius 2 is 1.86 bits per heavy atom. The second kappa shape index (κ2) is 4.95. The highest BCUT2D eigenvalue weighted by molar-refractivity contribution is 7.58. The molecule has 1 fully saturated rings. The average molecular weight is 346 g/mol. The number of anilines is 1. The minimum Gasteiger partial charge on any atom is -0.376 e. The Balaban J connectivity index is 1.97. The molecule has 1 unspecified atom stereocenters. The summed E-state index contributed by atoms with van der Waals surface area (Å²) in [5.74, 6) is 0. The Labute approximate surface area is 138 Å². The number of hydrogen-bond donors (Lipinski definition) is 1. The molecule has 0 aliphatic carbocycles. The summed E-state index contributed by atoms with van der Waals surface area (Å²) >= 11 is 13.7. The van der Waals surface area contributed by atoms with Gasteiger partial charge >= 0.3 is 0 Å². The molecule has 21 heavy (non-hydrogen) atoms. The molecule has 0 aromatic heterocycles. The fraction of sp³-hybridized carbons (Fsp3) is 0.571. The Morgan fingerprint density at radius 1 is 1.19 bits per heavy atom. The van der Waals surface area contributed by atoms with E-state index in [0.29, 0.717) is 15.7 Å². The SMILES string of the molecule is CC1(C)CC(Nc2c(Cl)cc(Cl)c3c2N=S=N3)C(C)(C)O1. The first-order chi connectivity index (χ1) is 9.70. The van der Waals surface area contributed by atoms with Gasteiger partial charge in [0.1, 0.15) is 11.4 Å². The summed E-state index contributed by atoms with van der Waals surface area (Å²) in [7, 11) is 0. The molecule has 1 saturated heterocycles. The van der Waals surface area contributed by atoms with Crippen LogP contribution < -0.4 is 5.32 Å². The fourth-order valence-electron chi connectivity index (χ4n) is 2.97. The van der Waals surface area contributed by atoms with E-state index in [-0.39, 0.29) is 17.2 Å². The molecule has 2 heterocycles. The van der Waals surface area contributed by atoms with Gasteiger partial charge in [0.05, 0.1) is 44.3 Å². The van der Waals surface area contributed by atoms with Gasteiger partial charge in [-0.2, -0.15) is 8.73 Å². The summed E-state index contributed by atoms with van der Waals surface area (Å²) in [5, 5.41) is 4.58. The molecule has 114 valence electrons. The van der Waals surface area contributed by atoms with Crippen molar-refractivity contribution in [2.75, 3.05) is 5.32 Å². The fourth-order valence-corrected chi connectivity index (χ4v) is 4.14. The second-order valence-electron chi connectivity index (χ2n) is 6.54. The van der Waals surface area contributed by atoms with E-state index in [2.05, 4.69) is 41.7 Å². The van der Waals surface area contributed by atoms with E-state index >= 15 is 0 Å². The van der Waals surface area contributed by atoms with Crippen LogP contribution in [-0.2, 0) is 16.1 Å². The number of benzene rings is 1. The maximum absolute atomic E-state index is 6.36. The minimum atomic E-state index is -0.289. The van der Waals surface area contributed by atoms with E-state index in [9.17, 15) is 0 Å². The van der Waals surface area contributed by atoms with Crippen molar-refractivity contribution >= 4 is 51.6 Å². The summed E-state index contributed by atoms with van der Waals surface area (Å²) in [6, 6.07) is 1.85. The average Bonchev–Trinajstić information content (AvgIpc) is 2.87. The first-order valence-corrected chi connectivity index (χ1v) is 8.25. The summed E-state index contributed by atoms with van der Waals surface area (Å²) < 4.78 is 14.7. The third-order valence-electron chi connectivity index (χ3n) is 3.84. The molecule has 1 aromatic carbocycles. The normalized spacial score (nSPS) is 24.8. The van der Waals surface area contributed by atoms with Crippen LogP contribution in [-0.4, -0.2) is 17.2 Å². The van der Waals surface area contributed by atoms with Crippen molar-refractivity contribution in [1.82, 2.24) is 0 Å². The Bertz CT molecular complexity index is 681. The molecule has 1 N–H and O–H groups in total. The van der Waals surface area contributed by atoms with Crippen LogP contribution in [0.2, 0.25) is 10.0 Å². The molecule has 7 heteroatoms. The second-order valence-corrected chi connectivity index (χ2v) is 7.89. The number of ether oxygens (including phenoxy) is 1. The number of halogens is 2. The third-order valence-corrected chi connectivity index (χ3v) is 4.95. The zero-order valence-corrected chi connectivity index (χ0v) is 14.7. The molecular formula is C14H17Cl2N3OS. The lowest BCUT2D eigenvalue weighted by molar-refractivity contribution is -0.0662. The Hall–Kier alpha value is -0.620. The van der Waals surface area contributed by atoms with Gasteiger partial charge in [-0.05, 0) is 40.2 Å². The first kappa shape index (κ1) is 15.3. The van der Waals surface area contributed by atoms with Crippen LogP contribution in [0.3, 0.4) is 0 Å². The molecule has 0 bridgehead atoms. The van der Waals surface area contributed by atoms with Crippen molar-refractivity contribution in [3.05, 3.63) is 16.1 Å². The van der Waals surface area contributed by atoms with Crippen molar-refractivity contribution in [2.24, 2.45) is 8.73 Å². The van der Waals surface area contributed by atoms with Crippen molar-refractivity contribution in [3.8, 4) is 0 Å². The highest BCUT2D eigenvalue weighted by atomic mass is 35.5. The molecule has 2 aliphatic heterocycles. The predicted octanol–water partition coefficient (Wildman–Crippen LogP) is 5.48. The van der Waals surface area contributed by atoms with Crippen LogP contribution in [0.5, 0.6) is 0 Å². The largest absolute Gasteiger partial charge is 0.376 e. The van der Waals surface area contributed by atoms with Gasteiger partial charge in [-0.1, -0.05) is 23.2 Å². The molecular weight excluding hydrogens is 329 g/mol. The zero-order valence-electron chi connectivity index (χ0n) is 12.3. The first-order valence-electron chi connectivity index (χ1n) is 6.77. The summed E-state index contributed by atoms with van der Waals surface area (Å²) in [4.78, 5) is 0. The highest BCUT2D eigenvalue weighted by Crippen LogP contribution is 2.49. The number of nitrogens with one attached hydrogen (secondary N) is 1. The quantitative estimate of drug-likeness (QED) is 0.783. The molecule has 1 atom stereocenters. The van der Waals surface area contributed by atoms with Crippen molar-refractivity contribution in [2.45, 2.75) is 51.4 Å². The Kier molecular flexibility index (Phi) is 3.60. The molecule has 3 rings (SSSR count). The summed E-state index contributed by atoms with van der Waals surface area (Å²) in [6.07, 6.45) is 0.887. The zero-order chi connectivity index (χ0) is 15.4. The molecule has 0 amide bonds. The molecule has 0 radical (unpaired) electrons. The van der Waals surface area contributed by atoms with Crippen LogP contribution in [0.25, 0.3) is 0 Å². The number of nitrogens with zero attached hydrogens (tertiary/aromatic N) is 2. The lowest BCUT2D eigenvalue weighted by Gasteiger charge is -2.29. The van der Waals surface area contributed by atoms with Gasteiger partial charge in [-0.25, -0.2) is 0 Å². The smallest absolute Gasteiger partial charge is 0.130 e. The van der Waals surface area contributed by atoms with Crippen molar-refractivity contribution in [1.29, 1.82) is 0 Å². The molecule has 2 aliphatic rings. The molecule has 1 aromatic rings. The Morgan fingerprint density at radius 3 is 2.48 bits per heavy atom. The van der Waals surface area contributed by atoms with Gasteiger partial charge < -0.3 is 10.1 Å². The predicted molar refractivity (Wildman–Crippen MR) is 89.3 cm³/mol. The third kappa shape index (κ3) is 2.72. The lowest BCUT2D eigenvalue weighted by Crippen LogP contribution is -2.38. The summed E-state index contributed by atoms with van der Waals surface area (Å²) in [5.41, 5.74) is 1.73.